The van der Waals surface area contributed by atoms with Crippen LogP contribution in [0.5, 0.6) is 0 Å². The van der Waals surface area contributed by atoms with Crippen LogP contribution in [0.2, 0.25) is 0 Å². The molecule has 2 N–H and O–H groups in total. The average molecular weight is 328 g/mol. The first-order valence-corrected chi connectivity index (χ1v) is 6.84. The molecular weight excluding hydrogens is 313 g/mol. The van der Waals surface area contributed by atoms with Crippen LogP contribution in [0, 0.1) is 0 Å². The number of rotatable bonds is 5. The van der Waals surface area contributed by atoms with E-state index in [0.717, 1.165) is 6.07 Å². The lowest BCUT2D eigenvalue weighted by Gasteiger charge is -2.17. The lowest BCUT2D eigenvalue weighted by atomic mass is 10.0. The summed E-state index contributed by atoms with van der Waals surface area (Å²) in [5, 5.41) is 23.1. The minimum atomic E-state index is -4.68. The number of hydrogen-bond donors (Lipinski definition) is 2. The summed E-state index contributed by atoms with van der Waals surface area (Å²) in [6, 6.07) is 9.84. The van der Waals surface area contributed by atoms with Gasteiger partial charge in [-0.25, -0.2) is 4.68 Å². The van der Waals surface area contributed by atoms with Gasteiger partial charge in [0.05, 0.1) is 18.8 Å². The summed E-state index contributed by atoms with van der Waals surface area (Å²) >= 11 is 0. The fourth-order valence-corrected chi connectivity index (χ4v) is 2.07. The van der Waals surface area contributed by atoms with Crippen molar-refractivity contribution in [2.24, 2.45) is 0 Å². The van der Waals surface area contributed by atoms with Gasteiger partial charge in [-0.3, -0.25) is 4.79 Å². The molecule has 1 aromatic heterocycles. The molecular formula is C15H15F3N2O3. The number of benzene rings is 1. The normalized spacial score (nSPS) is 14.5. The van der Waals surface area contributed by atoms with Crippen LogP contribution in [0.25, 0.3) is 0 Å². The molecule has 124 valence electrons. The van der Waals surface area contributed by atoms with E-state index in [1.165, 1.54) is 0 Å². The van der Waals surface area contributed by atoms with Crippen molar-refractivity contribution in [3.05, 3.63) is 64.1 Å². The maximum Gasteiger partial charge on any atom is 0.435 e. The highest BCUT2D eigenvalue weighted by Gasteiger charge is 2.33. The van der Waals surface area contributed by atoms with E-state index in [4.69, 9.17) is 0 Å². The number of halogens is 3. The molecule has 0 bridgehead atoms. The number of aliphatic hydroxyl groups excluding tert-OH is 2. The van der Waals surface area contributed by atoms with Gasteiger partial charge in [-0.15, -0.1) is 0 Å². The number of hydrogen-bond acceptors (Lipinski definition) is 4. The van der Waals surface area contributed by atoms with Gasteiger partial charge >= 0.3 is 6.18 Å². The molecule has 0 saturated carbocycles. The fraction of sp³-hybridized carbons (Fsp3) is 0.333. The Kier molecular flexibility index (Phi) is 5.17. The molecule has 1 heterocycles. The van der Waals surface area contributed by atoms with Crippen molar-refractivity contribution < 1.29 is 23.4 Å². The van der Waals surface area contributed by atoms with Crippen molar-refractivity contribution in [3.8, 4) is 0 Å². The molecule has 0 saturated heterocycles. The molecule has 2 atom stereocenters. The summed E-state index contributed by atoms with van der Waals surface area (Å²) < 4.78 is 38.3. The Balaban J connectivity index is 2.08. The Morgan fingerprint density at radius 3 is 2.35 bits per heavy atom. The summed E-state index contributed by atoms with van der Waals surface area (Å²) in [5.74, 6) is 0. The Bertz CT molecular complexity index is 701. The van der Waals surface area contributed by atoms with Crippen LogP contribution in [0.15, 0.2) is 47.3 Å². The maximum atomic E-state index is 12.6. The lowest BCUT2D eigenvalue weighted by molar-refractivity contribution is -0.142. The van der Waals surface area contributed by atoms with Gasteiger partial charge in [-0.2, -0.15) is 18.3 Å². The van der Waals surface area contributed by atoms with E-state index in [1.807, 2.05) is 0 Å². The van der Waals surface area contributed by atoms with Crippen LogP contribution in [0.3, 0.4) is 0 Å². The zero-order valence-corrected chi connectivity index (χ0v) is 11.9. The molecule has 1 aromatic carbocycles. The van der Waals surface area contributed by atoms with Gasteiger partial charge in [-0.05, 0) is 11.6 Å². The highest BCUT2D eigenvalue weighted by molar-refractivity contribution is 5.17. The number of alkyl halides is 3. The van der Waals surface area contributed by atoms with Crippen LogP contribution in [0.1, 0.15) is 23.8 Å². The summed E-state index contributed by atoms with van der Waals surface area (Å²) in [6.45, 7) is -0.438. The predicted octanol–water partition coefficient (Wildman–Crippen LogP) is 1.75. The Morgan fingerprint density at radius 1 is 1.09 bits per heavy atom. The van der Waals surface area contributed by atoms with E-state index in [1.54, 1.807) is 30.3 Å². The molecule has 0 aliphatic rings. The van der Waals surface area contributed by atoms with Crippen LogP contribution in [0.4, 0.5) is 13.2 Å². The Hall–Kier alpha value is -2.19. The molecule has 8 heteroatoms. The molecule has 2 unspecified atom stereocenters. The smallest absolute Gasteiger partial charge is 0.391 e. The maximum absolute atomic E-state index is 12.6. The van der Waals surface area contributed by atoms with Crippen LogP contribution in [-0.4, -0.2) is 26.1 Å². The standard InChI is InChI=1S/C15H15F3N2O3/c16-15(17,18)13-6-7-14(23)20(19-13)9-11(21)8-12(22)10-4-2-1-3-5-10/h1-7,11-12,21-22H,8-9H2. The molecule has 0 aliphatic carbocycles. The van der Waals surface area contributed by atoms with Gasteiger partial charge in [0.2, 0.25) is 0 Å². The zero-order valence-electron chi connectivity index (χ0n) is 11.9. The molecule has 0 spiro atoms. The third-order valence-corrected chi connectivity index (χ3v) is 3.22. The van der Waals surface area contributed by atoms with Crippen molar-refractivity contribution in [3.63, 3.8) is 0 Å². The first kappa shape index (κ1) is 17.2. The lowest BCUT2D eigenvalue weighted by Crippen LogP contribution is -2.31. The number of aromatic nitrogens is 2. The van der Waals surface area contributed by atoms with Gasteiger partial charge in [0.1, 0.15) is 0 Å². The summed E-state index contributed by atoms with van der Waals surface area (Å²) in [6.07, 6.45) is -7.02. The van der Waals surface area contributed by atoms with Gasteiger partial charge in [0.15, 0.2) is 5.69 Å². The molecule has 0 fully saturated rings. The van der Waals surface area contributed by atoms with E-state index >= 15 is 0 Å². The van der Waals surface area contributed by atoms with Crippen molar-refractivity contribution in [1.82, 2.24) is 9.78 Å². The molecule has 0 radical (unpaired) electrons. The number of aliphatic hydroxyl groups is 2. The predicted molar refractivity (Wildman–Crippen MR) is 75.5 cm³/mol. The zero-order chi connectivity index (χ0) is 17.0. The summed E-state index contributed by atoms with van der Waals surface area (Å²) in [5.41, 5.74) is -1.41. The molecule has 0 aliphatic heterocycles. The number of nitrogens with zero attached hydrogens (tertiary/aromatic N) is 2. The minimum absolute atomic E-state index is 0.131. The second-order valence-electron chi connectivity index (χ2n) is 5.05. The Labute approximate surface area is 129 Å². The average Bonchev–Trinajstić information content (AvgIpc) is 2.49. The Morgan fingerprint density at radius 2 is 1.74 bits per heavy atom. The highest BCUT2D eigenvalue weighted by atomic mass is 19.4. The second kappa shape index (κ2) is 6.93. The second-order valence-corrected chi connectivity index (χ2v) is 5.05. The quantitative estimate of drug-likeness (QED) is 0.877. The van der Waals surface area contributed by atoms with Crippen molar-refractivity contribution in [1.29, 1.82) is 0 Å². The van der Waals surface area contributed by atoms with E-state index in [9.17, 15) is 28.2 Å². The van der Waals surface area contributed by atoms with Crippen LogP contribution in [-0.2, 0) is 12.7 Å². The summed E-state index contributed by atoms with van der Waals surface area (Å²) in [7, 11) is 0. The van der Waals surface area contributed by atoms with E-state index < -0.39 is 36.2 Å². The van der Waals surface area contributed by atoms with Crippen molar-refractivity contribution >= 4 is 0 Å². The molecule has 2 aromatic rings. The van der Waals surface area contributed by atoms with E-state index in [2.05, 4.69) is 5.10 Å². The summed E-state index contributed by atoms with van der Waals surface area (Å²) in [4.78, 5) is 11.5. The molecule has 23 heavy (non-hydrogen) atoms. The molecule has 0 amide bonds. The van der Waals surface area contributed by atoms with Gasteiger partial charge in [0, 0.05) is 12.5 Å². The van der Waals surface area contributed by atoms with Crippen LogP contribution >= 0.6 is 0 Å². The highest BCUT2D eigenvalue weighted by Crippen LogP contribution is 2.26. The third-order valence-electron chi connectivity index (χ3n) is 3.22. The first-order chi connectivity index (χ1) is 10.8. The fourth-order valence-electron chi connectivity index (χ4n) is 2.07. The largest absolute Gasteiger partial charge is 0.435 e. The van der Waals surface area contributed by atoms with E-state index in [0.29, 0.717) is 16.3 Å². The molecule has 5 nitrogen and oxygen atoms in total. The van der Waals surface area contributed by atoms with Gasteiger partial charge in [0.25, 0.3) is 5.56 Å². The van der Waals surface area contributed by atoms with Crippen molar-refractivity contribution in [2.45, 2.75) is 31.3 Å². The van der Waals surface area contributed by atoms with E-state index in [-0.39, 0.29) is 6.42 Å². The minimum Gasteiger partial charge on any atom is -0.391 e. The topological polar surface area (TPSA) is 75.4 Å². The third kappa shape index (κ3) is 4.64. The van der Waals surface area contributed by atoms with Crippen molar-refractivity contribution in [2.75, 3.05) is 0 Å². The first-order valence-electron chi connectivity index (χ1n) is 6.84. The monoisotopic (exact) mass is 328 g/mol. The van der Waals surface area contributed by atoms with Gasteiger partial charge in [-0.1, -0.05) is 30.3 Å². The molecule has 2 rings (SSSR count). The van der Waals surface area contributed by atoms with Crippen LogP contribution < -0.4 is 5.56 Å². The SMILES string of the molecule is O=c1ccc(C(F)(F)F)nn1CC(O)CC(O)c1ccccc1. The van der Waals surface area contributed by atoms with Gasteiger partial charge < -0.3 is 10.2 Å².